The van der Waals surface area contributed by atoms with E-state index in [1.165, 1.54) is 25.3 Å². The summed E-state index contributed by atoms with van der Waals surface area (Å²) < 4.78 is 17.1. The lowest BCUT2D eigenvalue weighted by atomic mass is 9.71. The Kier molecular flexibility index (Phi) is 6.52. The van der Waals surface area contributed by atoms with Crippen molar-refractivity contribution in [1.29, 1.82) is 5.41 Å². The minimum atomic E-state index is -1.98. The summed E-state index contributed by atoms with van der Waals surface area (Å²) in [5, 5.41) is 62.0. The molecule has 5 atom stereocenters. The average Bonchev–Trinajstić information content (AvgIpc) is 2.90. The molecule has 202 valence electrons. The number of rotatable bonds is 5. The molecule has 11 heteroatoms. The summed E-state index contributed by atoms with van der Waals surface area (Å²) in [5.41, 5.74) is -3.40. The van der Waals surface area contributed by atoms with Gasteiger partial charge in [0, 0.05) is 36.0 Å². The van der Waals surface area contributed by atoms with Gasteiger partial charge in [-0.05, 0) is 19.4 Å². The number of fused-ring (bicyclic) bond motifs is 3. The Labute approximate surface area is 217 Å². The van der Waals surface area contributed by atoms with Crippen LogP contribution in [0.3, 0.4) is 0 Å². The molecule has 0 aromatic heterocycles. The van der Waals surface area contributed by atoms with Gasteiger partial charge in [-0.3, -0.25) is 9.59 Å². The molecule has 2 aliphatic carbocycles. The summed E-state index contributed by atoms with van der Waals surface area (Å²) in [7, 11) is 1.34. The minimum absolute atomic E-state index is 0.0124. The second-order valence-corrected chi connectivity index (χ2v) is 9.97. The summed E-state index contributed by atoms with van der Waals surface area (Å²) in [5.74, 6) is -2.52. The van der Waals surface area contributed by atoms with Gasteiger partial charge in [-0.1, -0.05) is 12.1 Å². The Morgan fingerprint density at radius 2 is 1.84 bits per heavy atom. The van der Waals surface area contributed by atoms with Crippen molar-refractivity contribution in [2.24, 2.45) is 0 Å². The number of benzene rings is 2. The van der Waals surface area contributed by atoms with Crippen LogP contribution >= 0.6 is 0 Å². The number of nitrogens with one attached hydrogen (secondary N) is 1. The number of aliphatic hydroxyl groups is 3. The Morgan fingerprint density at radius 1 is 1.13 bits per heavy atom. The monoisotopic (exact) mass is 527 g/mol. The van der Waals surface area contributed by atoms with Gasteiger partial charge in [0.2, 0.25) is 5.78 Å². The van der Waals surface area contributed by atoms with Crippen LogP contribution in [0.2, 0.25) is 0 Å². The van der Waals surface area contributed by atoms with Crippen molar-refractivity contribution < 1.29 is 49.3 Å². The van der Waals surface area contributed by atoms with Crippen LogP contribution in [0.25, 0.3) is 0 Å². The van der Waals surface area contributed by atoms with Gasteiger partial charge >= 0.3 is 0 Å². The van der Waals surface area contributed by atoms with Crippen LogP contribution < -0.4 is 4.74 Å². The SMILES string of the molecule is COc1cccc2c1C(=O)c1c(O)c3c(c(O)c1C2=O)C[C@@](O)(C(=N)CO)C[C@@H]3O[C@H]1CC[C@H](O)[C@H](C)O1. The molecule has 1 aliphatic heterocycles. The largest absolute Gasteiger partial charge is 0.507 e. The number of aliphatic hydroxyl groups excluding tert-OH is 2. The van der Waals surface area contributed by atoms with Gasteiger partial charge in [0.05, 0.1) is 54.4 Å². The van der Waals surface area contributed by atoms with E-state index in [-0.39, 0.29) is 40.8 Å². The smallest absolute Gasteiger partial charge is 0.202 e. The molecule has 1 heterocycles. The third kappa shape index (κ3) is 3.89. The van der Waals surface area contributed by atoms with Crippen LogP contribution in [-0.4, -0.2) is 80.6 Å². The van der Waals surface area contributed by atoms with Crippen molar-refractivity contribution in [2.75, 3.05) is 13.7 Å². The normalized spacial score (nSPS) is 28.3. The summed E-state index contributed by atoms with van der Waals surface area (Å²) in [4.78, 5) is 27.1. The van der Waals surface area contributed by atoms with E-state index in [0.29, 0.717) is 6.42 Å². The molecule has 0 amide bonds. The van der Waals surface area contributed by atoms with Crippen LogP contribution in [0.1, 0.15) is 75.3 Å². The van der Waals surface area contributed by atoms with E-state index in [1.54, 1.807) is 6.92 Å². The third-order valence-corrected chi connectivity index (χ3v) is 7.72. The standard InChI is InChI=1S/C27H29NO10/c1-11-14(30)6-7-18(37-11)38-16-9-27(35,17(28)10-29)8-13-20(16)26(34)22-21(24(13)32)23(31)12-4-3-5-15(36-2)19(12)25(22)33/h3-5,11,14,16,18,28-30,32,34-35H,6-10H2,1-2H3/t11-,14-,16-,18-,27-/m0/s1. The van der Waals surface area contributed by atoms with Gasteiger partial charge in [-0.25, -0.2) is 0 Å². The Morgan fingerprint density at radius 3 is 2.50 bits per heavy atom. The lowest BCUT2D eigenvalue weighted by Gasteiger charge is -2.42. The van der Waals surface area contributed by atoms with Crippen molar-refractivity contribution in [2.45, 2.75) is 62.8 Å². The maximum absolute atomic E-state index is 13.6. The lowest BCUT2D eigenvalue weighted by molar-refractivity contribution is -0.241. The molecule has 0 spiro atoms. The molecule has 5 rings (SSSR count). The van der Waals surface area contributed by atoms with E-state index in [4.69, 9.17) is 19.6 Å². The maximum Gasteiger partial charge on any atom is 0.202 e. The number of phenolic OH excluding ortho intramolecular Hbond substituents is 2. The predicted octanol–water partition coefficient (Wildman–Crippen LogP) is 1.51. The molecule has 1 saturated heterocycles. The Hall–Kier alpha value is -3.35. The number of hydrogen-bond acceptors (Lipinski definition) is 11. The second-order valence-electron chi connectivity index (χ2n) is 9.97. The quantitative estimate of drug-likeness (QED) is 0.210. The zero-order valence-corrected chi connectivity index (χ0v) is 20.9. The first-order valence-corrected chi connectivity index (χ1v) is 12.3. The first-order valence-electron chi connectivity index (χ1n) is 12.3. The molecular weight excluding hydrogens is 498 g/mol. The summed E-state index contributed by atoms with van der Waals surface area (Å²) in [6, 6.07) is 4.44. The molecule has 3 aliphatic rings. The fourth-order valence-electron chi connectivity index (χ4n) is 5.63. The van der Waals surface area contributed by atoms with E-state index >= 15 is 0 Å². The highest BCUT2D eigenvalue weighted by atomic mass is 16.7. The molecule has 0 bridgehead atoms. The van der Waals surface area contributed by atoms with Gasteiger partial charge in [-0.2, -0.15) is 0 Å². The van der Waals surface area contributed by atoms with Crippen LogP contribution in [-0.2, 0) is 15.9 Å². The zero-order chi connectivity index (χ0) is 27.5. The molecule has 11 nitrogen and oxygen atoms in total. The van der Waals surface area contributed by atoms with E-state index in [0.717, 1.165) is 0 Å². The number of hydrogen-bond donors (Lipinski definition) is 6. The molecule has 0 unspecified atom stereocenters. The second kappa shape index (κ2) is 9.44. The molecule has 6 N–H and O–H groups in total. The number of carbonyl (C=O) groups excluding carboxylic acids is 2. The van der Waals surface area contributed by atoms with Crippen LogP contribution in [0.5, 0.6) is 17.2 Å². The molecule has 2 aromatic carbocycles. The average molecular weight is 528 g/mol. The Balaban J connectivity index is 1.69. The van der Waals surface area contributed by atoms with Crippen molar-refractivity contribution >= 4 is 17.3 Å². The first-order chi connectivity index (χ1) is 18.0. The van der Waals surface area contributed by atoms with Crippen molar-refractivity contribution in [3.05, 3.63) is 51.6 Å². The molecular formula is C27H29NO10. The highest BCUT2D eigenvalue weighted by molar-refractivity contribution is 6.31. The number of carbonyl (C=O) groups is 2. The van der Waals surface area contributed by atoms with Crippen molar-refractivity contribution in [3.63, 3.8) is 0 Å². The van der Waals surface area contributed by atoms with Crippen molar-refractivity contribution in [1.82, 2.24) is 0 Å². The van der Waals surface area contributed by atoms with E-state index in [9.17, 15) is 35.1 Å². The number of aromatic hydroxyl groups is 2. The van der Waals surface area contributed by atoms with Gasteiger partial charge < -0.3 is 45.2 Å². The summed E-state index contributed by atoms with van der Waals surface area (Å²) >= 11 is 0. The van der Waals surface area contributed by atoms with Crippen LogP contribution in [0.15, 0.2) is 18.2 Å². The number of ketones is 2. The van der Waals surface area contributed by atoms with E-state index < -0.39 is 83.1 Å². The maximum atomic E-state index is 13.6. The summed E-state index contributed by atoms with van der Waals surface area (Å²) in [6.45, 7) is 0.894. The summed E-state index contributed by atoms with van der Waals surface area (Å²) in [6.07, 6.45) is -3.38. The van der Waals surface area contributed by atoms with E-state index in [1.807, 2.05) is 0 Å². The highest BCUT2D eigenvalue weighted by Crippen LogP contribution is 2.52. The highest BCUT2D eigenvalue weighted by Gasteiger charge is 2.48. The number of ether oxygens (including phenoxy) is 3. The molecule has 0 radical (unpaired) electrons. The lowest BCUT2D eigenvalue weighted by Crippen LogP contribution is -2.48. The Bertz CT molecular complexity index is 1350. The minimum Gasteiger partial charge on any atom is -0.507 e. The molecule has 38 heavy (non-hydrogen) atoms. The molecule has 2 aromatic rings. The predicted molar refractivity (Wildman–Crippen MR) is 131 cm³/mol. The first kappa shape index (κ1) is 26.3. The van der Waals surface area contributed by atoms with Crippen LogP contribution in [0.4, 0.5) is 0 Å². The topological polar surface area (TPSA) is 187 Å². The fraction of sp³-hybridized carbons (Fsp3) is 0.444. The van der Waals surface area contributed by atoms with Gasteiger partial charge in [0.1, 0.15) is 22.8 Å². The number of methoxy groups -OCH3 is 1. The van der Waals surface area contributed by atoms with E-state index in [2.05, 4.69) is 0 Å². The van der Waals surface area contributed by atoms with Crippen LogP contribution in [0, 0.1) is 5.41 Å². The zero-order valence-electron chi connectivity index (χ0n) is 20.9. The molecule has 1 fully saturated rings. The van der Waals surface area contributed by atoms with Gasteiger partial charge in [0.15, 0.2) is 12.1 Å². The number of phenols is 2. The third-order valence-electron chi connectivity index (χ3n) is 7.72. The van der Waals surface area contributed by atoms with Gasteiger partial charge in [-0.15, -0.1) is 0 Å². The molecule has 0 saturated carbocycles. The fourth-order valence-corrected chi connectivity index (χ4v) is 5.63. The van der Waals surface area contributed by atoms with Gasteiger partial charge in [0.25, 0.3) is 0 Å². The van der Waals surface area contributed by atoms with Crippen molar-refractivity contribution in [3.8, 4) is 17.2 Å².